The predicted molar refractivity (Wildman–Crippen MR) is 69.7 cm³/mol. The molecule has 5 nitrogen and oxygen atoms in total. The Kier molecular flexibility index (Phi) is 2.29. The molecule has 5 heteroatoms. The second kappa shape index (κ2) is 3.99. The summed E-state index contributed by atoms with van der Waals surface area (Å²) in [4.78, 5) is 4.61. The molecule has 0 aliphatic carbocycles. The summed E-state index contributed by atoms with van der Waals surface area (Å²) >= 11 is 0. The average Bonchev–Trinajstić information content (AvgIpc) is 2.75. The highest BCUT2D eigenvalue weighted by Crippen LogP contribution is 2.37. The van der Waals surface area contributed by atoms with Gasteiger partial charge in [-0.15, -0.1) is 0 Å². The number of aromatic nitrogens is 1. The highest BCUT2D eigenvalue weighted by molar-refractivity contribution is 5.84. The minimum absolute atomic E-state index is 0.125. The second-order valence-electron chi connectivity index (χ2n) is 4.91. The third kappa shape index (κ3) is 1.77. The van der Waals surface area contributed by atoms with Crippen LogP contribution in [0.15, 0.2) is 18.2 Å². The van der Waals surface area contributed by atoms with Crippen molar-refractivity contribution in [2.45, 2.75) is 19.6 Å². The van der Waals surface area contributed by atoms with Gasteiger partial charge in [0.05, 0.1) is 5.52 Å². The lowest BCUT2D eigenvalue weighted by atomic mass is 10.1. The van der Waals surface area contributed by atoms with Gasteiger partial charge >= 0.3 is 0 Å². The van der Waals surface area contributed by atoms with Gasteiger partial charge in [-0.25, -0.2) is 4.98 Å². The highest BCUT2D eigenvalue weighted by Gasteiger charge is 2.19. The lowest BCUT2D eigenvalue weighted by Crippen LogP contribution is -2.25. The first-order chi connectivity index (χ1) is 9.29. The molecule has 2 aliphatic rings. The summed E-state index contributed by atoms with van der Waals surface area (Å²) in [6.07, 6.45) is 0.125. The summed E-state index contributed by atoms with van der Waals surface area (Å²) in [5.74, 6) is 2.24. The van der Waals surface area contributed by atoms with E-state index in [1.54, 1.807) is 0 Å². The van der Waals surface area contributed by atoms with Gasteiger partial charge in [0.25, 0.3) is 0 Å². The zero-order chi connectivity index (χ0) is 12.8. The molecule has 0 fully saturated rings. The topological polar surface area (TPSA) is 52.6 Å². The van der Waals surface area contributed by atoms with Gasteiger partial charge in [0.1, 0.15) is 6.10 Å². The van der Waals surface area contributed by atoms with Gasteiger partial charge < -0.3 is 19.5 Å². The Morgan fingerprint density at radius 1 is 1.21 bits per heavy atom. The SMILES string of the molecule is C[C@@H]1CNCc2cc3cc4c(cc3nc2O1)OCO4. The van der Waals surface area contributed by atoms with Gasteiger partial charge in [0.15, 0.2) is 11.5 Å². The van der Waals surface area contributed by atoms with Crippen LogP contribution in [0, 0.1) is 0 Å². The lowest BCUT2D eigenvalue weighted by molar-refractivity contribution is 0.174. The smallest absolute Gasteiger partial charge is 0.231 e. The molecule has 4 rings (SSSR count). The molecule has 0 bridgehead atoms. The molecule has 1 atom stereocenters. The van der Waals surface area contributed by atoms with Crippen LogP contribution in [0.4, 0.5) is 0 Å². The first kappa shape index (κ1) is 10.9. The molecule has 98 valence electrons. The van der Waals surface area contributed by atoms with Crippen molar-refractivity contribution >= 4 is 10.9 Å². The molecule has 0 saturated carbocycles. The number of hydrogen-bond donors (Lipinski definition) is 1. The molecule has 0 saturated heterocycles. The van der Waals surface area contributed by atoms with E-state index in [2.05, 4.69) is 16.4 Å². The van der Waals surface area contributed by atoms with Crippen LogP contribution in [0.5, 0.6) is 17.4 Å². The van der Waals surface area contributed by atoms with Gasteiger partial charge in [-0.2, -0.15) is 0 Å². The molecule has 1 aromatic carbocycles. The Hall–Kier alpha value is -2.01. The van der Waals surface area contributed by atoms with Crippen LogP contribution >= 0.6 is 0 Å². The molecule has 0 radical (unpaired) electrons. The number of hydrogen-bond acceptors (Lipinski definition) is 5. The monoisotopic (exact) mass is 258 g/mol. The molecule has 0 unspecified atom stereocenters. The summed E-state index contributed by atoms with van der Waals surface area (Å²) in [5.41, 5.74) is 1.95. The number of pyridine rings is 1. The molecule has 1 N–H and O–H groups in total. The Bertz CT molecular complexity index is 657. The fraction of sp³-hybridized carbons (Fsp3) is 0.357. The van der Waals surface area contributed by atoms with Crippen molar-refractivity contribution in [3.63, 3.8) is 0 Å². The van der Waals surface area contributed by atoms with Crippen molar-refractivity contribution in [2.24, 2.45) is 0 Å². The van der Waals surface area contributed by atoms with Crippen LogP contribution in [-0.2, 0) is 6.54 Å². The van der Waals surface area contributed by atoms with E-state index in [-0.39, 0.29) is 12.9 Å². The molecule has 2 aliphatic heterocycles. The van der Waals surface area contributed by atoms with E-state index in [9.17, 15) is 0 Å². The number of fused-ring (bicyclic) bond motifs is 3. The van der Waals surface area contributed by atoms with Crippen LogP contribution in [0.1, 0.15) is 12.5 Å². The van der Waals surface area contributed by atoms with Crippen molar-refractivity contribution in [1.82, 2.24) is 10.3 Å². The van der Waals surface area contributed by atoms with E-state index in [4.69, 9.17) is 14.2 Å². The maximum Gasteiger partial charge on any atom is 0.231 e. The maximum atomic E-state index is 5.84. The van der Waals surface area contributed by atoms with Crippen LogP contribution in [0.3, 0.4) is 0 Å². The van der Waals surface area contributed by atoms with Crippen molar-refractivity contribution in [2.75, 3.05) is 13.3 Å². The predicted octanol–water partition coefficient (Wildman–Crippen LogP) is 1.83. The first-order valence-corrected chi connectivity index (χ1v) is 6.40. The van der Waals surface area contributed by atoms with E-state index in [1.165, 1.54) is 0 Å². The molecular formula is C14H14N2O3. The Balaban J connectivity index is 1.89. The largest absolute Gasteiger partial charge is 0.473 e. The zero-order valence-electron chi connectivity index (χ0n) is 10.6. The standard InChI is InChI=1S/C14H14N2O3/c1-8-5-15-6-10-2-9-3-12-13(18-7-17-12)4-11(9)16-14(10)19-8/h2-4,8,15H,5-7H2,1H3/t8-/m1/s1. The van der Waals surface area contributed by atoms with Gasteiger partial charge in [0.2, 0.25) is 12.7 Å². The molecule has 3 heterocycles. The Morgan fingerprint density at radius 3 is 2.95 bits per heavy atom. The summed E-state index contributed by atoms with van der Waals surface area (Å²) < 4.78 is 16.6. The van der Waals surface area contributed by atoms with Gasteiger partial charge in [-0.3, -0.25) is 0 Å². The minimum Gasteiger partial charge on any atom is -0.473 e. The average molecular weight is 258 g/mol. The van der Waals surface area contributed by atoms with Crippen LogP contribution in [0.25, 0.3) is 10.9 Å². The number of nitrogens with one attached hydrogen (secondary N) is 1. The van der Waals surface area contributed by atoms with E-state index in [0.717, 1.165) is 41.1 Å². The lowest BCUT2D eigenvalue weighted by Gasteiger charge is -2.11. The van der Waals surface area contributed by atoms with E-state index in [1.807, 2.05) is 19.1 Å². The highest BCUT2D eigenvalue weighted by atomic mass is 16.7. The second-order valence-corrected chi connectivity index (χ2v) is 4.91. The molecular weight excluding hydrogens is 244 g/mol. The number of rotatable bonds is 0. The van der Waals surface area contributed by atoms with Crippen LogP contribution < -0.4 is 19.5 Å². The van der Waals surface area contributed by atoms with Crippen LogP contribution in [-0.4, -0.2) is 24.4 Å². The summed E-state index contributed by atoms with van der Waals surface area (Å²) in [6, 6.07) is 5.98. The number of nitrogens with zero attached hydrogens (tertiary/aromatic N) is 1. The number of benzene rings is 1. The summed E-state index contributed by atoms with van der Waals surface area (Å²) in [6.45, 7) is 3.92. The van der Waals surface area contributed by atoms with Crippen molar-refractivity contribution < 1.29 is 14.2 Å². The summed E-state index contributed by atoms with van der Waals surface area (Å²) in [5, 5.41) is 4.39. The Morgan fingerprint density at radius 2 is 2.05 bits per heavy atom. The molecule has 1 aromatic heterocycles. The van der Waals surface area contributed by atoms with Crippen molar-refractivity contribution in [3.8, 4) is 17.4 Å². The van der Waals surface area contributed by atoms with Gasteiger partial charge in [-0.05, 0) is 19.1 Å². The quantitative estimate of drug-likeness (QED) is 0.781. The molecule has 19 heavy (non-hydrogen) atoms. The van der Waals surface area contributed by atoms with Crippen molar-refractivity contribution in [1.29, 1.82) is 0 Å². The third-order valence-electron chi connectivity index (χ3n) is 3.41. The van der Waals surface area contributed by atoms with Gasteiger partial charge in [-0.1, -0.05) is 0 Å². The zero-order valence-corrected chi connectivity index (χ0v) is 10.6. The third-order valence-corrected chi connectivity index (χ3v) is 3.41. The van der Waals surface area contributed by atoms with E-state index >= 15 is 0 Å². The normalized spacial score (nSPS) is 20.8. The van der Waals surface area contributed by atoms with E-state index in [0.29, 0.717) is 5.88 Å². The fourth-order valence-electron chi connectivity index (χ4n) is 2.46. The maximum absolute atomic E-state index is 5.84. The molecule has 0 amide bonds. The Labute approximate surface area is 110 Å². The first-order valence-electron chi connectivity index (χ1n) is 6.40. The summed E-state index contributed by atoms with van der Waals surface area (Å²) in [7, 11) is 0. The molecule has 2 aromatic rings. The van der Waals surface area contributed by atoms with Gasteiger partial charge in [0, 0.05) is 30.1 Å². The van der Waals surface area contributed by atoms with E-state index < -0.39 is 0 Å². The fourth-order valence-corrected chi connectivity index (χ4v) is 2.46. The number of ether oxygens (including phenoxy) is 3. The minimum atomic E-state index is 0.125. The van der Waals surface area contributed by atoms with Crippen LogP contribution in [0.2, 0.25) is 0 Å². The molecule has 0 spiro atoms. The van der Waals surface area contributed by atoms with Crippen molar-refractivity contribution in [3.05, 3.63) is 23.8 Å².